The third-order valence-corrected chi connectivity index (χ3v) is 2.93. The number of nitrogens with zero attached hydrogens (tertiary/aromatic N) is 1. The smallest absolute Gasteiger partial charge is 0.0172 e. The lowest BCUT2D eigenvalue weighted by atomic mass is 10.0. The van der Waals surface area contributed by atoms with Crippen molar-refractivity contribution in [3.05, 3.63) is 23.9 Å². The fourth-order valence-corrected chi connectivity index (χ4v) is 2.15. The highest BCUT2D eigenvalue weighted by atomic mass is 15.1. The summed E-state index contributed by atoms with van der Waals surface area (Å²) in [6.07, 6.45) is 15.0. The summed E-state index contributed by atoms with van der Waals surface area (Å²) in [5.74, 6) is 0. The quantitative estimate of drug-likeness (QED) is 0.556. The molecule has 0 aromatic carbocycles. The van der Waals surface area contributed by atoms with Crippen LogP contribution in [0, 0.1) is 0 Å². The molecule has 1 aliphatic carbocycles. The Morgan fingerprint density at radius 1 is 1.08 bits per heavy atom. The number of allylic oxidation sites excluding steroid dienone is 3. The van der Waals surface area contributed by atoms with Gasteiger partial charge in [-0.2, -0.15) is 0 Å². The van der Waals surface area contributed by atoms with E-state index in [1.165, 1.54) is 51.6 Å². The van der Waals surface area contributed by atoms with Crippen molar-refractivity contribution in [2.75, 3.05) is 13.1 Å². The van der Waals surface area contributed by atoms with Gasteiger partial charge in [0.15, 0.2) is 0 Å². The minimum Gasteiger partial charge on any atom is -0.377 e. The molecule has 1 nitrogen and oxygen atoms in total. The lowest BCUT2D eigenvalue weighted by Crippen LogP contribution is -2.24. The first kappa shape index (κ1) is 8.86. The van der Waals surface area contributed by atoms with Crippen LogP contribution in [-0.2, 0) is 0 Å². The third kappa shape index (κ3) is 2.61. The van der Waals surface area contributed by atoms with Crippen LogP contribution in [0.5, 0.6) is 0 Å². The van der Waals surface area contributed by atoms with E-state index < -0.39 is 0 Å². The van der Waals surface area contributed by atoms with E-state index in [2.05, 4.69) is 23.3 Å². The predicted octanol–water partition coefficient (Wildman–Crippen LogP) is 3.10. The zero-order valence-electron chi connectivity index (χ0n) is 8.34. The standard InChI is InChI=1S/C12H19N/c1-3-7-12(8-4-1)11-13-9-5-2-6-10-13/h1,3,11H,2,4-10H2/b12-11+. The molecule has 0 N–H and O–H groups in total. The summed E-state index contributed by atoms with van der Waals surface area (Å²) in [5, 5.41) is 0. The summed E-state index contributed by atoms with van der Waals surface area (Å²) < 4.78 is 0. The Morgan fingerprint density at radius 3 is 2.62 bits per heavy atom. The molecule has 0 atom stereocenters. The maximum Gasteiger partial charge on any atom is 0.0172 e. The monoisotopic (exact) mass is 177 g/mol. The fourth-order valence-electron chi connectivity index (χ4n) is 2.15. The molecule has 0 spiro atoms. The summed E-state index contributed by atoms with van der Waals surface area (Å²) in [7, 11) is 0. The lowest BCUT2D eigenvalue weighted by molar-refractivity contribution is 0.306. The fraction of sp³-hybridized carbons (Fsp3) is 0.667. The Balaban J connectivity index is 1.89. The van der Waals surface area contributed by atoms with Crippen LogP contribution in [0.25, 0.3) is 0 Å². The van der Waals surface area contributed by atoms with Crippen LogP contribution in [0.3, 0.4) is 0 Å². The maximum absolute atomic E-state index is 2.51. The first-order chi connectivity index (χ1) is 6.45. The largest absolute Gasteiger partial charge is 0.377 e. The highest BCUT2D eigenvalue weighted by Gasteiger charge is 2.07. The van der Waals surface area contributed by atoms with E-state index >= 15 is 0 Å². The van der Waals surface area contributed by atoms with Gasteiger partial charge in [0.05, 0.1) is 0 Å². The molecule has 2 rings (SSSR count). The van der Waals surface area contributed by atoms with Crippen molar-refractivity contribution in [2.45, 2.75) is 38.5 Å². The molecule has 0 aromatic rings. The summed E-state index contributed by atoms with van der Waals surface area (Å²) in [5.41, 5.74) is 1.63. The van der Waals surface area contributed by atoms with E-state index in [0.29, 0.717) is 0 Å². The number of hydrogen-bond donors (Lipinski definition) is 0. The highest BCUT2D eigenvalue weighted by molar-refractivity contribution is 5.12. The topological polar surface area (TPSA) is 3.24 Å². The van der Waals surface area contributed by atoms with E-state index in [1.807, 2.05) is 0 Å². The van der Waals surface area contributed by atoms with Crippen LogP contribution >= 0.6 is 0 Å². The molecule has 0 bridgehead atoms. The van der Waals surface area contributed by atoms with Crippen LogP contribution in [0.15, 0.2) is 23.9 Å². The van der Waals surface area contributed by atoms with Gasteiger partial charge in [0.2, 0.25) is 0 Å². The molecule has 0 saturated carbocycles. The molecular formula is C12H19N. The van der Waals surface area contributed by atoms with Crippen LogP contribution in [0.1, 0.15) is 38.5 Å². The number of piperidine rings is 1. The van der Waals surface area contributed by atoms with Crippen molar-refractivity contribution in [3.8, 4) is 0 Å². The summed E-state index contributed by atoms with van der Waals surface area (Å²) in [6, 6.07) is 0. The second-order valence-electron chi connectivity index (χ2n) is 4.10. The van der Waals surface area contributed by atoms with Gasteiger partial charge in [-0.25, -0.2) is 0 Å². The first-order valence-electron chi connectivity index (χ1n) is 5.54. The van der Waals surface area contributed by atoms with Crippen LogP contribution in [-0.4, -0.2) is 18.0 Å². The second-order valence-corrected chi connectivity index (χ2v) is 4.10. The van der Waals surface area contributed by atoms with E-state index in [0.717, 1.165) is 0 Å². The molecule has 1 saturated heterocycles. The van der Waals surface area contributed by atoms with Crippen molar-refractivity contribution < 1.29 is 0 Å². The summed E-state index contributed by atoms with van der Waals surface area (Å²) in [4.78, 5) is 2.51. The number of hydrogen-bond acceptors (Lipinski definition) is 1. The Hall–Kier alpha value is -0.720. The van der Waals surface area contributed by atoms with Crippen molar-refractivity contribution >= 4 is 0 Å². The van der Waals surface area contributed by atoms with Crippen molar-refractivity contribution in [2.24, 2.45) is 0 Å². The Bertz CT molecular complexity index is 209. The van der Waals surface area contributed by atoms with Gasteiger partial charge in [-0.1, -0.05) is 17.7 Å². The van der Waals surface area contributed by atoms with E-state index in [4.69, 9.17) is 0 Å². The average molecular weight is 177 g/mol. The minimum atomic E-state index is 1.19. The molecule has 0 aromatic heterocycles. The summed E-state index contributed by atoms with van der Waals surface area (Å²) >= 11 is 0. The van der Waals surface area contributed by atoms with Gasteiger partial charge >= 0.3 is 0 Å². The Labute approximate surface area is 81.1 Å². The normalized spacial score (nSPS) is 26.8. The van der Waals surface area contributed by atoms with Gasteiger partial charge in [-0.15, -0.1) is 0 Å². The van der Waals surface area contributed by atoms with Gasteiger partial charge < -0.3 is 4.90 Å². The van der Waals surface area contributed by atoms with Gasteiger partial charge in [0.1, 0.15) is 0 Å². The molecule has 72 valence electrons. The Morgan fingerprint density at radius 2 is 1.92 bits per heavy atom. The zero-order chi connectivity index (χ0) is 8.93. The second kappa shape index (κ2) is 4.50. The molecule has 0 amide bonds. The minimum absolute atomic E-state index is 1.19. The SMILES string of the molecule is C1=CC/C(=C\N2CCCCC2)CC1. The number of likely N-dealkylation sites (tertiary alicyclic amines) is 1. The molecule has 2 aliphatic rings. The van der Waals surface area contributed by atoms with Gasteiger partial charge in [-0.05, 0) is 44.7 Å². The van der Waals surface area contributed by atoms with Gasteiger partial charge in [-0.3, -0.25) is 0 Å². The molecule has 0 radical (unpaired) electrons. The van der Waals surface area contributed by atoms with E-state index in [9.17, 15) is 0 Å². The zero-order valence-corrected chi connectivity index (χ0v) is 8.34. The van der Waals surface area contributed by atoms with E-state index in [-0.39, 0.29) is 0 Å². The average Bonchev–Trinajstić information content (AvgIpc) is 2.21. The molecule has 1 fully saturated rings. The first-order valence-corrected chi connectivity index (χ1v) is 5.54. The molecule has 1 heterocycles. The summed E-state index contributed by atoms with van der Waals surface area (Å²) in [6.45, 7) is 2.57. The van der Waals surface area contributed by atoms with Crippen LogP contribution < -0.4 is 0 Å². The molecule has 0 unspecified atom stereocenters. The van der Waals surface area contributed by atoms with Crippen molar-refractivity contribution in [3.63, 3.8) is 0 Å². The predicted molar refractivity (Wildman–Crippen MR) is 56.5 cm³/mol. The van der Waals surface area contributed by atoms with Crippen LogP contribution in [0.2, 0.25) is 0 Å². The van der Waals surface area contributed by atoms with Crippen molar-refractivity contribution in [1.29, 1.82) is 0 Å². The molecule has 1 aliphatic heterocycles. The Kier molecular flexibility index (Phi) is 3.07. The highest BCUT2D eigenvalue weighted by Crippen LogP contribution is 2.19. The molecular weight excluding hydrogens is 158 g/mol. The van der Waals surface area contributed by atoms with Crippen molar-refractivity contribution in [1.82, 2.24) is 4.90 Å². The van der Waals surface area contributed by atoms with Gasteiger partial charge in [0.25, 0.3) is 0 Å². The third-order valence-electron chi connectivity index (χ3n) is 2.93. The maximum atomic E-state index is 2.51. The molecule has 13 heavy (non-hydrogen) atoms. The molecule has 1 heteroatoms. The van der Waals surface area contributed by atoms with Gasteiger partial charge in [0, 0.05) is 13.1 Å². The van der Waals surface area contributed by atoms with Crippen LogP contribution in [0.4, 0.5) is 0 Å². The lowest BCUT2D eigenvalue weighted by Gasteiger charge is -2.26. The number of rotatable bonds is 1. The van der Waals surface area contributed by atoms with E-state index in [1.54, 1.807) is 5.57 Å².